The van der Waals surface area contributed by atoms with E-state index in [9.17, 15) is 8.78 Å². The van der Waals surface area contributed by atoms with Gasteiger partial charge in [-0.25, -0.2) is 8.78 Å². The number of nitrogens with one attached hydrogen (secondary N) is 1. The van der Waals surface area contributed by atoms with Crippen LogP contribution in [-0.2, 0) is 0 Å². The quantitative estimate of drug-likeness (QED) is 0.840. The van der Waals surface area contributed by atoms with Gasteiger partial charge in [-0.2, -0.15) is 0 Å². The lowest BCUT2D eigenvalue weighted by Crippen LogP contribution is -2.08. The first-order valence-corrected chi connectivity index (χ1v) is 6.25. The van der Waals surface area contributed by atoms with Gasteiger partial charge in [0, 0.05) is 17.8 Å². The Morgan fingerprint density at radius 3 is 2.21 bits per heavy atom. The van der Waals surface area contributed by atoms with Gasteiger partial charge in [0.2, 0.25) is 0 Å². The molecule has 0 amide bonds. The molecule has 0 saturated carbocycles. The van der Waals surface area contributed by atoms with Gasteiger partial charge < -0.3 is 5.32 Å². The first-order chi connectivity index (χ1) is 8.95. The van der Waals surface area contributed by atoms with Crippen LogP contribution in [0, 0.1) is 25.5 Å². The summed E-state index contributed by atoms with van der Waals surface area (Å²) in [6.07, 6.45) is 0. The molecule has 2 aromatic rings. The van der Waals surface area contributed by atoms with E-state index in [0.717, 1.165) is 22.9 Å². The lowest BCUT2D eigenvalue weighted by atomic mass is 10.1. The molecule has 0 saturated heterocycles. The number of benzene rings is 2. The minimum absolute atomic E-state index is 0.161. The summed E-state index contributed by atoms with van der Waals surface area (Å²) in [5.74, 6) is -1.10. The van der Waals surface area contributed by atoms with E-state index in [-0.39, 0.29) is 6.04 Å². The number of hydrogen-bond acceptors (Lipinski definition) is 1. The molecule has 0 radical (unpaired) electrons. The monoisotopic (exact) mass is 261 g/mol. The van der Waals surface area contributed by atoms with E-state index >= 15 is 0 Å². The van der Waals surface area contributed by atoms with Gasteiger partial charge in [0.15, 0.2) is 0 Å². The Morgan fingerprint density at radius 1 is 0.947 bits per heavy atom. The fraction of sp³-hybridized carbons (Fsp3) is 0.250. The van der Waals surface area contributed by atoms with Crippen molar-refractivity contribution in [2.45, 2.75) is 26.8 Å². The molecule has 0 aromatic heterocycles. The highest BCUT2D eigenvalue weighted by molar-refractivity contribution is 5.53. The third-order valence-corrected chi connectivity index (χ3v) is 3.15. The molecule has 0 aliphatic heterocycles. The number of rotatable bonds is 3. The lowest BCUT2D eigenvalue weighted by Gasteiger charge is -2.18. The molecular formula is C16H17F2N. The maximum Gasteiger partial charge on any atom is 0.126 e. The molecule has 0 fully saturated rings. The SMILES string of the molecule is Cc1ccc(C)c(NC(C)c2cc(F)cc(F)c2)c1. The van der Waals surface area contributed by atoms with Gasteiger partial charge in [0.1, 0.15) is 11.6 Å². The van der Waals surface area contributed by atoms with Crippen LogP contribution < -0.4 is 5.32 Å². The van der Waals surface area contributed by atoms with Crippen molar-refractivity contribution < 1.29 is 8.78 Å². The highest BCUT2D eigenvalue weighted by Crippen LogP contribution is 2.24. The molecule has 1 nitrogen and oxygen atoms in total. The first-order valence-electron chi connectivity index (χ1n) is 6.25. The second kappa shape index (κ2) is 5.39. The number of hydrogen-bond donors (Lipinski definition) is 1. The molecule has 0 aliphatic carbocycles. The smallest absolute Gasteiger partial charge is 0.126 e. The summed E-state index contributed by atoms with van der Waals surface area (Å²) in [4.78, 5) is 0. The van der Waals surface area contributed by atoms with Gasteiger partial charge >= 0.3 is 0 Å². The molecule has 0 spiro atoms. The first kappa shape index (κ1) is 13.5. The zero-order valence-electron chi connectivity index (χ0n) is 11.3. The van der Waals surface area contributed by atoms with E-state index in [2.05, 4.69) is 5.32 Å². The summed E-state index contributed by atoms with van der Waals surface area (Å²) in [5.41, 5.74) is 3.83. The summed E-state index contributed by atoms with van der Waals surface area (Å²) in [6.45, 7) is 5.90. The summed E-state index contributed by atoms with van der Waals surface area (Å²) < 4.78 is 26.4. The van der Waals surface area contributed by atoms with Crippen LogP contribution in [0.2, 0.25) is 0 Å². The topological polar surface area (TPSA) is 12.0 Å². The van der Waals surface area contributed by atoms with E-state index in [1.807, 2.05) is 39.0 Å². The molecule has 2 rings (SSSR count). The van der Waals surface area contributed by atoms with E-state index < -0.39 is 11.6 Å². The van der Waals surface area contributed by atoms with Crippen LogP contribution in [-0.4, -0.2) is 0 Å². The third-order valence-electron chi connectivity index (χ3n) is 3.15. The molecule has 1 N–H and O–H groups in total. The van der Waals surface area contributed by atoms with E-state index in [4.69, 9.17) is 0 Å². The maximum atomic E-state index is 13.2. The van der Waals surface area contributed by atoms with Gasteiger partial charge in [-0.1, -0.05) is 12.1 Å². The fourth-order valence-electron chi connectivity index (χ4n) is 2.03. The summed E-state index contributed by atoms with van der Waals surface area (Å²) in [7, 11) is 0. The fourth-order valence-corrected chi connectivity index (χ4v) is 2.03. The Labute approximate surface area is 112 Å². The van der Waals surface area contributed by atoms with E-state index in [1.54, 1.807) is 0 Å². The van der Waals surface area contributed by atoms with Crippen molar-refractivity contribution >= 4 is 5.69 Å². The van der Waals surface area contributed by atoms with Crippen LogP contribution in [0.5, 0.6) is 0 Å². The minimum Gasteiger partial charge on any atom is -0.378 e. The molecule has 1 atom stereocenters. The Kier molecular flexibility index (Phi) is 3.84. The van der Waals surface area contributed by atoms with Gasteiger partial charge in [0.05, 0.1) is 0 Å². The molecule has 0 aliphatic rings. The second-order valence-electron chi connectivity index (χ2n) is 4.89. The van der Waals surface area contributed by atoms with Crippen molar-refractivity contribution in [1.82, 2.24) is 0 Å². The van der Waals surface area contributed by atoms with Gasteiger partial charge in [-0.15, -0.1) is 0 Å². The zero-order chi connectivity index (χ0) is 14.0. The molecule has 3 heteroatoms. The Hall–Kier alpha value is -1.90. The average molecular weight is 261 g/mol. The largest absolute Gasteiger partial charge is 0.378 e. The molecule has 0 heterocycles. The third kappa shape index (κ3) is 3.31. The normalized spacial score (nSPS) is 12.3. The van der Waals surface area contributed by atoms with Crippen molar-refractivity contribution in [2.75, 3.05) is 5.32 Å². The van der Waals surface area contributed by atoms with Crippen molar-refractivity contribution in [3.05, 3.63) is 64.7 Å². The zero-order valence-corrected chi connectivity index (χ0v) is 11.3. The summed E-state index contributed by atoms with van der Waals surface area (Å²) in [6, 6.07) is 9.52. The van der Waals surface area contributed by atoms with Crippen LogP contribution in [0.1, 0.15) is 29.7 Å². The van der Waals surface area contributed by atoms with Gasteiger partial charge in [0.25, 0.3) is 0 Å². The molecule has 2 aromatic carbocycles. The molecule has 1 unspecified atom stereocenters. The van der Waals surface area contributed by atoms with Crippen molar-refractivity contribution in [2.24, 2.45) is 0 Å². The van der Waals surface area contributed by atoms with Crippen LogP contribution in [0.3, 0.4) is 0 Å². The predicted molar refractivity (Wildman–Crippen MR) is 74.3 cm³/mol. The maximum absolute atomic E-state index is 13.2. The highest BCUT2D eigenvalue weighted by Gasteiger charge is 2.10. The van der Waals surface area contributed by atoms with Gasteiger partial charge in [-0.05, 0) is 55.7 Å². The van der Waals surface area contributed by atoms with Crippen LogP contribution in [0.25, 0.3) is 0 Å². The predicted octanol–water partition coefficient (Wildman–Crippen LogP) is 4.75. The summed E-state index contributed by atoms with van der Waals surface area (Å²) >= 11 is 0. The average Bonchev–Trinajstić information content (AvgIpc) is 2.32. The van der Waals surface area contributed by atoms with Crippen LogP contribution in [0.15, 0.2) is 36.4 Å². The number of halogens is 2. The van der Waals surface area contributed by atoms with Crippen molar-refractivity contribution in [3.63, 3.8) is 0 Å². The number of anilines is 1. The molecular weight excluding hydrogens is 244 g/mol. The Balaban J connectivity index is 2.25. The van der Waals surface area contributed by atoms with E-state index in [1.165, 1.54) is 12.1 Å². The Morgan fingerprint density at radius 2 is 1.58 bits per heavy atom. The summed E-state index contributed by atoms with van der Waals surface area (Å²) in [5, 5.41) is 3.29. The number of aryl methyl sites for hydroxylation is 2. The standard InChI is InChI=1S/C16H17F2N/c1-10-4-5-11(2)16(6-10)19-12(3)13-7-14(17)9-15(18)8-13/h4-9,12,19H,1-3H3. The molecule has 0 bridgehead atoms. The van der Waals surface area contributed by atoms with E-state index in [0.29, 0.717) is 5.56 Å². The minimum atomic E-state index is -0.551. The van der Waals surface area contributed by atoms with Crippen LogP contribution in [0.4, 0.5) is 14.5 Å². The Bertz CT molecular complexity index is 573. The highest BCUT2D eigenvalue weighted by atomic mass is 19.1. The lowest BCUT2D eigenvalue weighted by molar-refractivity contribution is 0.577. The van der Waals surface area contributed by atoms with Crippen molar-refractivity contribution in [1.29, 1.82) is 0 Å². The molecule has 100 valence electrons. The second-order valence-corrected chi connectivity index (χ2v) is 4.89. The van der Waals surface area contributed by atoms with Gasteiger partial charge in [-0.3, -0.25) is 0 Å². The molecule has 19 heavy (non-hydrogen) atoms. The van der Waals surface area contributed by atoms with Crippen LogP contribution >= 0.6 is 0 Å². The van der Waals surface area contributed by atoms with Crippen molar-refractivity contribution in [3.8, 4) is 0 Å².